The molecule has 0 fully saturated rings. The topological polar surface area (TPSA) is 42.2 Å². The van der Waals surface area contributed by atoms with E-state index >= 15 is 0 Å². The number of furan rings is 1. The molecular weight excluding hydrogens is 234 g/mol. The van der Waals surface area contributed by atoms with Crippen molar-refractivity contribution >= 4 is 17.7 Å². The summed E-state index contributed by atoms with van der Waals surface area (Å²) in [6.45, 7) is 7.02. The first-order valence-corrected chi connectivity index (χ1v) is 7.16. The van der Waals surface area contributed by atoms with E-state index in [4.69, 9.17) is 4.42 Å². The molecule has 96 valence electrons. The first kappa shape index (κ1) is 14.2. The van der Waals surface area contributed by atoms with Gasteiger partial charge in [0.2, 0.25) is 0 Å². The molecule has 0 aliphatic rings. The third kappa shape index (κ3) is 5.31. The molecule has 1 N–H and O–H groups in total. The minimum atomic E-state index is -0.110. The summed E-state index contributed by atoms with van der Waals surface area (Å²) in [7, 11) is 0. The number of aryl methyl sites for hydroxylation is 1. The van der Waals surface area contributed by atoms with Crippen LogP contribution in [0.4, 0.5) is 0 Å². The zero-order valence-electron chi connectivity index (χ0n) is 10.8. The number of carbonyl (C=O) groups is 1. The van der Waals surface area contributed by atoms with Crippen LogP contribution < -0.4 is 5.32 Å². The molecule has 0 saturated heterocycles. The largest absolute Gasteiger partial charge is 0.459 e. The second-order valence-corrected chi connectivity index (χ2v) is 5.66. The lowest BCUT2D eigenvalue weighted by Crippen LogP contribution is -2.25. The van der Waals surface area contributed by atoms with Crippen molar-refractivity contribution in [3.05, 3.63) is 23.7 Å². The molecule has 0 aliphatic heterocycles. The van der Waals surface area contributed by atoms with E-state index in [2.05, 4.69) is 19.2 Å². The fraction of sp³-hybridized carbons (Fsp3) is 0.615. The molecule has 0 aromatic carbocycles. The first-order chi connectivity index (χ1) is 8.11. The van der Waals surface area contributed by atoms with Gasteiger partial charge in [0.15, 0.2) is 5.76 Å². The van der Waals surface area contributed by atoms with Gasteiger partial charge in [-0.05, 0) is 36.8 Å². The standard InChI is InChI=1S/C13H21NO2S/c1-10(2)9-17-8-4-6-14-13(15)12-11(3)5-7-16-12/h5,7,10H,4,6,8-9H2,1-3H3,(H,14,15). The van der Waals surface area contributed by atoms with Crippen LogP contribution in [0.15, 0.2) is 16.7 Å². The van der Waals surface area contributed by atoms with Gasteiger partial charge in [0.25, 0.3) is 5.91 Å². The quantitative estimate of drug-likeness (QED) is 0.761. The third-order valence-corrected chi connectivity index (χ3v) is 3.75. The van der Waals surface area contributed by atoms with Crippen LogP contribution in [0, 0.1) is 12.8 Å². The summed E-state index contributed by atoms with van der Waals surface area (Å²) >= 11 is 1.94. The van der Waals surface area contributed by atoms with E-state index in [0.717, 1.165) is 23.7 Å². The molecule has 0 spiro atoms. The lowest BCUT2D eigenvalue weighted by molar-refractivity contribution is 0.0925. The van der Waals surface area contributed by atoms with Gasteiger partial charge in [-0.2, -0.15) is 11.8 Å². The van der Waals surface area contributed by atoms with Crippen molar-refractivity contribution in [2.45, 2.75) is 27.2 Å². The molecule has 1 heterocycles. The zero-order valence-corrected chi connectivity index (χ0v) is 11.6. The summed E-state index contributed by atoms with van der Waals surface area (Å²) in [6.07, 6.45) is 2.55. The molecule has 1 aromatic heterocycles. The molecule has 1 aromatic rings. The monoisotopic (exact) mass is 255 g/mol. The highest BCUT2D eigenvalue weighted by atomic mass is 32.2. The summed E-state index contributed by atoms with van der Waals surface area (Å²) in [4.78, 5) is 11.7. The van der Waals surface area contributed by atoms with Crippen LogP contribution >= 0.6 is 11.8 Å². The van der Waals surface area contributed by atoms with Crippen molar-refractivity contribution in [1.29, 1.82) is 0 Å². The lowest BCUT2D eigenvalue weighted by Gasteiger charge is -2.05. The maximum absolute atomic E-state index is 11.7. The molecule has 3 nitrogen and oxygen atoms in total. The smallest absolute Gasteiger partial charge is 0.287 e. The molecule has 4 heteroatoms. The summed E-state index contributed by atoms with van der Waals surface area (Å²) in [5.74, 6) is 3.34. The molecule has 1 amide bonds. The minimum absolute atomic E-state index is 0.110. The molecule has 17 heavy (non-hydrogen) atoms. The summed E-state index contributed by atoms with van der Waals surface area (Å²) in [5, 5.41) is 2.87. The number of thioether (sulfide) groups is 1. The molecule has 0 aliphatic carbocycles. The van der Waals surface area contributed by atoms with Crippen molar-refractivity contribution in [3.63, 3.8) is 0 Å². The average Bonchev–Trinajstić information content (AvgIpc) is 2.69. The van der Waals surface area contributed by atoms with Gasteiger partial charge >= 0.3 is 0 Å². The second-order valence-electron chi connectivity index (χ2n) is 4.51. The van der Waals surface area contributed by atoms with Crippen molar-refractivity contribution in [2.24, 2.45) is 5.92 Å². The number of carbonyl (C=O) groups excluding carboxylic acids is 1. The summed E-state index contributed by atoms with van der Waals surface area (Å²) in [5.41, 5.74) is 0.886. The highest BCUT2D eigenvalue weighted by Gasteiger charge is 2.11. The third-order valence-electron chi connectivity index (χ3n) is 2.27. The van der Waals surface area contributed by atoms with E-state index in [1.165, 1.54) is 5.75 Å². The van der Waals surface area contributed by atoms with Crippen LogP contribution in [0.1, 0.15) is 36.4 Å². The number of rotatable bonds is 7. The van der Waals surface area contributed by atoms with Gasteiger partial charge in [0.1, 0.15) is 0 Å². The fourth-order valence-electron chi connectivity index (χ4n) is 1.38. The van der Waals surface area contributed by atoms with Gasteiger partial charge in [-0.1, -0.05) is 13.8 Å². The Balaban J connectivity index is 2.11. The number of hydrogen-bond donors (Lipinski definition) is 1. The van der Waals surface area contributed by atoms with Crippen LogP contribution in [0.3, 0.4) is 0 Å². The molecule has 0 unspecified atom stereocenters. The molecule has 1 rings (SSSR count). The van der Waals surface area contributed by atoms with E-state index in [-0.39, 0.29) is 5.91 Å². The van der Waals surface area contributed by atoms with Gasteiger partial charge < -0.3 is 9.73 Å². The Kier molecular flexibility index (Phi) is 6.19. The van der Waals surface area contributed by atoms with E-state index in [1.54, 1.807) is 12.3 Å². The molecule has 0 bridgehead atoms. The van der Waals surface area contributed by atoms with Gasteiger partial charge in [0.05, 0.1) is 6.26 Å². The highest BCUT2D eigenvalue weighted by Crippen LogP contribution is 2.09. The maximum Gasteiger partial charge on any atom is 0.287 e. The van der Waals surface area contributed by atoms with Crippen LogP contribution in [0.5, 0.6) is 0 Å². The van der Waals surface area contributed by atoms with Crippen molar-refractivity contribution in [1.82, 2.24) is 5.32 Å². The van der Waals surface area contributed by atoms with Crippen molar-refractivity contribution in [3.8, 4) is 0 Å². The van der Waals surface area contributed by atoms with E-state index in [0.29, 0.717) is 12.3 Å². The van der Waals surface area contributed by atoms with Crippen LogP contribution in [-0.4, -0.2) is 24.0 Å². The Bertz CT molecular complexity index is 347. The van der Waals surface area contributed by atoms with E-state index in [9.17, 15) is 4.79 Å². The Morgan fingerprint density at radius 1 is 1.53 bits per heavy atom. The van der Waals surface area contributed by atoms with E-state index < -0.39 is 0 Å². The molecule has 0 radical (unpaired) electrons. The van der Waals surface area contributed by atoms with Gasteiger partial charge in [-0.3, -0.25) is 4.79 Å². The predicted molar refractivity (Wildman–Crippen MR) is 72.6 cm³/mol. The average molecular weight is 255 g/mol. The molecule has 0 atom stereocenters. The maximum atomic E-state index is 11.7. The number of amides is 1. The number of nitrogens with one attached hydrogen (secondary N) is 1. The van der Waals surface area contributed by atoms with Gasteiger partial charge in [-0.25, -0.2) is 0 Å². The lowest BCUT2D eigenvalue weighted by atomic mass is 10.2. The predicted octanol–water partition coefficient (Wildman–Crippen LogP) is 3.10. The summed E-state index contributed by atoms with van der Waals surface area (Å²) in [6, 6.07) is 1.80. The van der Waals surface area contributed by atoms with Crippen molar-refractivity contribution in [2.75, 3.05) is 18.1 Å². The van der Waals surface area contributed by atoms with Crippen LogP contribution in [0.25, 0.3) is 0 Å². The molecule has 0 saturated carbocycles. The van der Waals surface area contributed by atoms with E-state index in [1.807, 2.05) is 18.7 Å². The van der Waals surface area contributed by atoms with Crippen molar-refractivity contribution < 1.29 is 9.21 Å². The summed E-state index contributed by atoms with van der Waals surface area (Å²) < 4.78 is 5.12. The minimum Gasteiger partial charge on any atom is -0.459 e. The van der Waals surface area contributed by atoms with Crippen LogP contribution in [-0.2, 0) is 0 Å². The first-order valence-electron chi connectivity index (χ1n) is 6.01. The Labute approximate surface area is 107 Å². The Morgan fingerprint density at radius 3 is 2.88 bits per heavy atom. The Morgan fingerprint density at radius 2 is 2.29 bits per heavy atom. The van der Waals surface area contributed by atoms with Gasteiger partial charge in [-0.15, -0.1) is 0 Å². The number of hydrogen-bond acceptors (Lipinski definition) is 3. The SMILES string of the molecule is Cc1ccoc1C(=O)NCCCSCC(C)C. The van der Waals surface area contributed by atoms with Crippen LogP contribution in [0.2, 0.25) is 0 Å². The van der Waals surface area contributed by atoms with Gasteiger partial charge in [0, 0.05) is 12.1 Å². The Hall–Kier alpha value is -0.900. The molecular formula is C13H21NO2S. The second kappa shape index (κ2) is 7.43. The highest BCUT2D eigenvalue weighted by molar-refractivity contribution is 7.99. The fourth-order valence-corrected chi connectivity index (χ4v) is 2.37. The zero-order chi connectivity index (χ0) is 12.7. The normalized spacial score (nSPS) is 10.8.